The van der Waals surface area contributed by atoms with E-state index in [4.69, 9.17) is 0 Å². The molecule has 20 heavy (non-hydrogen) atoms. The Hall–Kier alpha value is -1.91. The fourth-order valence-corrected chi connectivity index (χ4v) is 3.43. The lowest BCUT2D eigenvalue weighted by Crippen LogP contribution is -2.41. The van der Waals surface area contributed by atoms with Gasteiger partial charge >= 0.3 is 0 Å². The van der Waals surface area contributed by atoms with E-state index in [-0.39, 0.29) is 35.0 Å². The number of nitrogens with zero attached hydrogens (tertiary/aromatic N) is 2. The summed E-state index contributed by atoms with van der Waals surface area (Å²) in [6.45, 7) is 0.662. The Morgan fingerprint density at radius 3 is 2.90 bits per heavy atom. The van der Waals surface area contributed by atoms with Crippen molar-refractivity contribution >= 4 is 11.7 Å². The highest BCUT2D eigenvalue weighted by Crippen LogP contribution is 2.34. The molecule has 1 aliphatic carbocycles. The third-order valence-electron chi connectivity index (χ3n) is 4.41. The number of carbonyl (C=O) groups excluding carboxylic acids is 2. The highest BCUT2D eigenvalue weighted by Gasteiger charge is 2.40. The predicted octanol–water partition coefficient (Wildman–Crippen LogP) is 1.76. The third kappa shape index (κ3) is 2.17. The van der Waals surface area contributed by atoms with E-state index in [2.05, 4.69) is 4.98 Å². The molecule has 5 heteroatoms. The highest BCUT2D eigenvalue weighted by atomic mass is 16.3. The average Bonchev–Trinajstić information content (AvgIpc) is 3.06. The molecule has 2 atom stereocenters. The quantitative estimate of drug-likeness (QED) is 0.892. The Morgan fingerprint density at radius 2 is 2.20 bits per heavy atom. The first-order chi connectivity index (χ1) is 9.68. The van der Waals surface area contributed by atoms with Crippen LogP contribution in [0.4, 0.5) is 0 Å². The Morgan fingerprint density at radius 1 is 1.35 bits per heavy atom. The van der Waals surface area contributed by atoms with Crippen LogP contribution in [0.15, 0.2) is 18.5 Å². The summed E-state index contributed by atoms with van der Waals surface area (Å²) in [5.41, 5.74) is 0.275. The van der Waals surface area contributed by atoms with Crippen molar-refractivity contribution in [3.05, 3.63) is 24.0 Å². The van der Waals surface area contributed by atoms with Crippen molar-refractivity contribution < 1.29 is 14.7 Å². The Kier molecular flexibility index (Phi) is 3.42. The maximum atomic E-state index is 12.6. The number of aromatic hydroxyl groups is 1. The first kappa shape index (κ1) is 13.1. The minimum Gasteiger partial charge on any atom is -0.505 e. The standard InChI is InChI=1S/C15H18N2O3/c18-13-5-1-3-10(13)12-4-2-8-17(12)15(20)11-6-7-16-9-14(11)19/h6-7,9-10,12,19H,1-5,8H2. The second kappa shape index (κ2) is 5.23. The normalized spacial score (nSPS) is 26.2. The first-order valence-corrected chi connectivity index (χ1v) is 7.15. The van der Waals surface area contributed by atoms with Crippen molar-refractivity contribution in [1.29, 1.82) is 0 Å². The minimum absolute atomic E-state index is 0.00469. The number of hydrogen-bond acceptors (Lipinski definition) is 4. The van der Waals surface area contributed by atoms with Gasteiger partial charge < -0.3 is 10.0 Å². The Balaban J connectivity index is 1.83. The maximum absolute atomic E-state index is 12.6. The van der Waals surface area contributed by atoms with Crippen LogP contribution in [0.5, 0.6) is 5.75 Å². The smallest absolute Gasteiger partial charge is 0.257 e. The summed E-state index contributed by atoms with van der Waals surface area (Å²) in [5, 5.41) is 9.77. The molecule has 5 nitrogen and oxygen atoms in total. The Labute approximate surface area is 117 Å². The van der Waals surface area contributed by atoms with Gasteiger partial charge in [-0.3, -0.25) is 14.6 Å². The first-order valence-electron chi connectivity index (χ1n) is 7.15. The van der Waals surface area contributed by atoms with E-state index in [1.165, 1.54) is 18.5 Å². The molecule has 0 radical (unpaired) electrons. The van der Waals surface area contributed by atoms with Crippen LogP contribution < -0.4 is 0 Å². The van der Waals surface area contributed by atoms with Crippen LogP contribution in [-0.4, -0.2) is 39.3 Å². The number of rotatable bonds is 2. The SMILES string of the molecule is O=C1CCCC1C1CCCN1C(=O)c1ccncc1O. The molecule has 3 rings (SSSR count). The van der Waals surface area contributed by atoms with Crippen LogP contribution in [-0.2, 0) is 4.79 Å². The van der Waals surface area contributed by atoms with E-state index in [0.29, 0.717) is 13.0 Å². The fourth-order valence-electron chi connectivity index (χ4n) is 3.43. The number of hydrogen-bond donors (Lipinski definition) is 1. The van der Waals surface area contributed by atoms with Crippen molar-refractivity contribution in [2.24, 2.45) is 5.92 Å². The van der Waals surface area contributed by atoms with Crippen LogP contribution in [0.1, 0.15) is 42.5 Å². The average molecular weight is 274 g/mol. The van der Waals surface area contributed by atoms with Gasteiger partial charge in [0.2, 0.25) is 0 Å². The number of amides is 1. The lowest BCUT2D eigenvalue weighted by atomic mass is 9.94. The van der Waals surface area contributed by atoms with E-state index in [9.17, 15) is 14.7 Å². The molecule has 2 fully saturated rings. The Bertz CT molecular complexity index is 544. The number of carbonyl (C=O) groups is 2. The summed E-state index contributed by atoms with van der Waals surface area (Å²) in [7, 11) is 0. The van der Waals surface area contributed by atoms with Crippen LogP contribution in [0, 0.1) is 5.92 Å². The molecule has 2 aliphatic rings. The zero-order valence-corrected chi connectivity index (χ0v) is 11.3. The number of aromatic nitrogens is 1. The van der Waals surface area contributed by atoms with Crippen molar-refractivity contribution in [2.45, 2.75) is 38.1 Å². The third-order valence-corrected chi connectivity index (χ3v) is 4.41. The van der Waals surface area contributed by atoms with Crippen LogP contribution >= 0.6 is 0 Å². The summed E-state index contributed by atoms with van der Waals surface area (Å²) in [4.78, 5) is 30.1. The molecule has 1 aliphatic heterocycles. The summed E-state index contributed by atoms with van der Waals surface area (Å²) in [5.74, 6) is -0.00733. The number of ketones is 1. The lowest BCUT2D eigenvalue weighted by molar-refractivity contribution is -0.121. The zero-order valence-electron chi connectivity index (χ0n) is 11.3. The van der Waals surface area contributed by atoms with Crippen LogP contribution in [0.2, 0.25) is 0 Å². The molecule has 106 valence electrons. The lowest BCUT2D eigenvalue weighted by Gasteiger charge is -2.28. The van der Waals surface area contributed by atoms with Gasteiger partial charge in [0.05, 0.1) is 11.8 Å². The van der Waals surface area contributed by atoms with Crippen molar-refractivity contribution in [2.75, 3.05) is 6.54 Å². The monoisotopic (exact) mass is 274 g/mol. The predicted molar refractivity (Wildman–Crippen MR) is 72.3 cm³/mol. The molecule has 1 saturated heterocycles. The van der Waals surface area contributed by atoms with Crippen LogP contribution in [0.25, 0.3) is 0 Å². The summed E-state index contributed by atoms with van der Waals surface area (Å²) in [6.07, 6.45) is 7.04. The molecule has 0 aromatic carbocycles. The molecule has 0 spiro atoms. The van der Waals surface area contributed by atoms with Crippen LogP contribution in [0.3, 0.4) is 0 Å². The van der Waals surface area contributed by atoms with Gasteiger partial charge in [0.15, 0.2) is 0 Å². The topological polar surface area (TPSA) is 70.5 Å². The van der Waals surface area contributed by atoms with Gasteiger partial charge in [-0.2, -0.15) is 0 Å². The van der Waals surface area contributed by atoms with E-state index < -0.39 is 0 Å². The zero-order chi connectivity index (χ0) is 14.1. The van der Waals surface area contributed by atoms with Gasteiger partial charge in [-0.1, -0.05) is 0 Å². The summed E-state index contributed by atoms with van der Waals surface area (Å²) < 4.78 is 0. The fraction of sp³-hybridized carbons (Fsp3) is 0.533. The van der Waals surface area contributed by atoms with Gasteiger partial charge in [-0.05, 0) is 31.7 Å². The highest BCUT2D eigenvalue weighted by molar-refractivity contribution is 5.97. The minimum atomic E-state index is -0.188. The van der Waals surface area contributed by atoms with E-state index >= 15 is 0 Å². The number of likely N-dealkylation sites (tertiary alicyclic amines) is 1. The molecule has 1 amide bonds. The van der Waals surface area contributed by atoms with Gasteiger partial charge in [0, 0.05) is 31.1 Å². The molecule has 1 aromatic heterocycles. The second-order valence-corrected chi connectivity index (χ2v) is 5.57. The number of Topliss-reactive ketones (excluding diaryl/α,β-unsaturated/α-hetero) is 1. The van der Waals surface area contributed by atoms with E-state index in [1.807, 2.05) is 0 Å². The van der Waals surface area contributed by atoms with Crippen molar-refractivity contribution in [1.82, 2.24) is 9.88 Å². The molecule has 1 saturated carbocycles. The van der Waals surface area contributed by atoms with Gasteiger partial charge in [-0.25, -0.2) is 0 Å². The molecule has 0 bridgehead atoms. The second-order valence-electron chi connectivity index (χ2n) is 5.57. The maximum Gasteiger partial charge on any atom is 0.257 e. The van der Waals surface area contributed by atoms with Gasteiger partial charge in [0.1, 0.15) is 11.5 Å². The summed E-state index contributed by atoms with van der Waals surface area (Å²) in [6, 6.07) is 1.54. The van der Waals surface area contributed by atoms with Crippen molar-refractivity contribution in [3.63, 3.8) is 0 Å². The van der Waals surface area contributed by atoms with E-state index in [1.54, 1.807) is 4.90 Å². The van der Waals surface area contributed by atoms with Gasteiger partial charge in [-0.15, -0.1) is 0 Å². The number of pyridine rings is 1. The summed E-state index contributed by atoms with van der Waals surface area (Å²) >= 11 is 0. The molecular formula is C15H18N2O3. The van der Waals surface area contributed by atoms with Gasteiger partial charge in [0.25, 0.3) is 5.91 Å². The molecule has 1 aromatic rings. The van der Waals surface area contributed by atoms with Crippen molar-refractivity contribution in [3.8, 4) is 5.75 Å². The van der Waals surface area contributed by atoms with E-state index in [0.717, 1.165) is 25.7 Å². The molecule has 2 unspecified atom stereocenters. The molecular weight excluding hydrogens is 256 g/mol. The molecule has 1 N–H and O–H groups in total. The molecule has 2 heterocycles. The largest absolute Gasteiger partial charge is 0.505 e.